The minimum Gasteiger partial charge on any atom is -0.478 e. The first-order valence-corrected chi connectivity index (χ1v) is 6.33. The van der Waals surface area contributed by atoms with E-state index in [-0.39, 0.29) is 17.7 Å². The first kappa shape index (κ1) is 15.2. The van der Waals surface area contributed by atoms with E-state index < -0.39 is 22.5 Å². The van der Waals surface area contributed by atoms with Gasteiger partial charge in [0.05, 0.1) is 16.9 Å². The van der Waals surface area contributed by atoms with Gasteiger partial charge >= 0.3 is 5.97 Å². The lowest BCUT2D eigenvalue weighted by atomic mass is 10.1. The van der Waals surface area contributed by atoms with Crippen molar-refractivity contribution in [3.05, 3.63) is 69.8 Å². The predicted octanol–water partition coefficient (Wildman–Crippen LogP) is 2.47. The van der Waals surface area contributed by atoms with Crippen molar-refractivity contribution in [2.45, 2.75) is 6.42 Å². The van der Waals surface area contributed by atoms with E-state index in [0.717, 1.165) is 11.6 Å². The van der Waals surface area contributed by atoms with E-state index in [1.54, 1.807) is 24.3 Å². The maximum absolute atomic E-state index is 11.9. The summed E-state index contributed by atoms with van der Waals surface area (Å²) >= 11 is 0. The normalized spacial score (nSPS) is 10.0. The smallest absolute Gasteiger partial charge is 0.335 e. The number of aromatic carboxylic acids is 1. The Bertz CT molecular complexity index is 728. The van der Waals surface area contributed by atoms with Crippen LogP contribution in [0.15, 0.2) is 48.5 Å². The van der Waals surface area contributed by atoms with Crippen molar-refractivity contribution in [3.63, 3.8) is 0 Å². The summed E-state index contributed by atoms with van der Waals surface area (Å²) in [7, 11) is 0. The van der Waals surface area contributed by atoms with Crippen molar-refractivity contribution in [2.75, 3.05) is 5.32 Å². The molecule has 0 spiro atoms. The van der Waals surface area contributed by atoms with Gasteiger partial charge in [0.15, 0.2) is 0 Å². The van der Waals surface area contributed by atoms with Crippen molar-refractivity contribution in [3.8, 4) is 0 Å². The standard InChI is InChI=1S/C15H12N2O5/c18-14(8-10-4-2-1-3-5-10)16-12-7-6-11(15(19)20)9-13(12)17(21)22/h1-7,9H,8H2,(H,16,18)(H,19,20). The molecule has 0 aliphatic carbocycles. The molecule has 7 nitrogen and oxygen atoms in total. The monoisotopic (exact) mass is 300 g/mol. The van der Waals surface area contributed by atoms with Crippen LogP contribution in [0.2, 0.25) is 0 Å². The van der Waals surface area contributed by atoms with Gasteiger partial charge in [-0.15, -0.1) is 0 Å². The summed E-state index contributed by atoms with van der Waals surface area (Å²) in [5.41, 5.74) is 0.0646. The highest BCUT2D eigenvalue weighted by atomic mass is 16.6. The van der Waals surface area contributed by atoms with Crippen LogP contribution in [0.3, 0.4) is 0 Å². The highest BCUT2D eigenvalue weighted by Crippen LogP contribution is 2.25. The predicted molar refractivity (Wildman–Crippen MR) is 78.8 cm³/mol. The Morgan fingerprint density at radius 3 is 2.41 bits per heavy atom. The summed E-state index contributed by atoms with van der Waals surface area (Å²) in [5.74, 6) is -1.69. The van der Waals surface area contributed by atoms with E-state index >= 15 is 0 Å². The van der Waals surface area contributed by atoms with Gasteiger partial charge in [-0.05, 0) is 17.7 Å². The molecule has 112 valence electrons. The fraction of sp³-hybridized carbons (Fsp3) is 0.0667. The number of nitrogens with zero attached hydrogens (tertiary/aromatic N) is 1. The van der Waals surface area contributed by atoms with Crippen LogP contribution in [0.4, 0.5) is 11.4 Å². The maximum atomic E-state index is 11.9. The van der Waals surface area contributed by atoms with Gasteiger partial charge in [0.25, 0.3) is 5.69 Å². The molecule has 0 aromatic heterocycles. The fourth-order valence-corrected chi connectivity index (χ4v) is 1.90. The minimum atomic E-state index is -1.27. The van der Waals surface area contributed by atoms with Crippen LogP contribution in [0, 0.1) is 10.1 Å². The van der Waals surface area contributed by atoms with Crippen molar-refractivity contribution in [1.29, 1.82) is 0 Å². The third-order valence-electron chi connectivity index (χ3n) is 2.92. The molecule has 2 aromatic rings. The average molecular weight is 300 g/mol. The highest BCUT2D eigenvalue weighted by Gasteiger charge is 2.18. The number of rotatable bonds is 5. The Morgan fingerprint density at radius 1 is 1.14 bits per heavy atom. The summed E-state index contributed by atoms with van der Waals surface area (Å²) in [6.45, 7) is 0. The molecule has 2 N–H and O–H groups in total. The van der Waals surface area contributed by atoms with Gasteiger partial charge in [0.1, 0.15) is 5.69 Å². The molecule has 0 radical (unpaired) electrons. The summed E-state index contributed by atoms with van der Waals surface area (Å²) in [6, 6.07) is 12.2. The van der Waals surface area contributed by atoms with Crippen molar-refractivity contribution in [1.82, 2.24) is 0 Å². The molecule has 0 fully saturated rings. The van der Waals surface area contributed by atoms with E-state index in [0.29, 0.717) is 0 Å². The number of carbonyl (C=O) groups is 2. The van der Waals surface area contributed by atoms with Crippen LogP contribution < -0.4 is 5.32 Å². The summed E-state index contributed by atoms with van der Waals surface area (Å²) in [6.07, 6.45) is 0.0681. The second-order valence-corrected chi connectivity index (χ2v) is 4.50. The molecule has 2 aromatic carbocycles. The van der Waals surface area contributed by atoms with E-state index in [9.17, 15) is 19.7 Å². The number of anilines is 1. The minimum absolute atomic E-state index is 0.0315. The Labute approximate surface area is 125 Å². The third kappa shape index (κ3) is 3.66. The number of carbonyl (C=O) groups excluding carboxylic acids is 1. The van der Waals surface area contributed by atoms with Gasteiger partial charge in [0.2, 0.25) is 5.91 Å². The lowest BCUT2D eigenvalue weighted by Crippen LogP contribution is -2.15. The van der Waals surface area contributed by atoms with Gasteiger partial charge in [-0.25, -0.2) is 4.79 Å². The largest absolute Gasteiger partial charge is 0.478 e. The molecule has 1 amide bonds. The van der Waals surface area contributed by atoms with Crippen molar-refractivity contribution < 1.29 is 19.6 Å². The fourth-order valence-electron chi connectivity index (χ4n) is 1.90. The summed E-state index contributed by atoms with van der Waals surface area (Å²) in [4.78, 5) is 33.0. The maximum Gasteiger partial charge on any atom is 0.335 e. The molecule has 22 heavy (non-hydrogen) atoms. The third-order valence-corrected chi connectivity index (χ3v) is 2.92. The molecule has 0 saturated carbocycles. The Hall–Kier alpha value is -3.22. The molecule has 0 bridgehead atoms. The van der Waals surface area contributed by atoms with Gasteiger partial charge in [0, 0.05) is 6.07 Å². The molecule has 0 heterocycles. The quantitative estimate of drug-likeness (QED) is 0.651. The Balaban J connectivity index is 2.20. The van der Waals surface area contributed by atoms with E-state index in [1.165, 1.54) is 12.1 Å². The number of amides is 1. The number of nitro benzene ring substituents is 1. The number of carboxylic acid groups (broad SMARTS) is 1. The lowest BCUT2D eigenvalue weighted by Gasteiger charge is -2.07. The zero-order valence-corrected chi connectivity index (χ0v) is 11.4. The second-order valence-electron chi connectivity index (χ2n) is 4.50. The van der Waals surface area contributed by atoms with Crippen molar-refractivity contribution >= 4 is 23.3 Å². The molecule has 0 aliphatic heterocycles. The molecular weight excluding hydrogens is 288 g/mol. The Kier molecular flexibility index (Phi) is 4.47. The molecule has 0 atom stereocenters. The summed E-state index contributed by atoms with van der Waals surface area (Å²) in [5, 5.41) is 22.3. The highest BCUT2D eigenvalue weighted by molar-refractivity contribution is 5.96. The SMILES string of the molecule is O=C(Cc1ccccc1)Nc1ccc(C(=O)O)cc1[N+](=O)[O-]. The molecule has 0 unspecified atom stereocenters. The van der Waals surface area contributed by atoms with Gasteiger partial charge in [-0.1, -0.05) is 30.3 Å². The zero-order valence-electron chi connectivity index (χ0n) is 11.4. The number of carboxylic acids is 1. The van der Waals surface area contributed by atoms with E-state index in [4.69, 9.17) is 5.11 Å². The second kappa shape index (κ2) is 6.49. The van der Waals surface area contributed by atoms with Gasteiger partial charge < -0.3 is 10.4 Å². The molecule has 0 aliphatic rings. The van der Waals surface area contributed by atoms with Crippen LogP contribution in [-0.2, 0) is 11.2 Å². The molecule has 2 rings (SSSR count). The van der Waals surface area contributed by atoms with Gasteiger partial charge in [-0.2, -0.15) is 0 Å². The molecule has 7 heteroatoms. The summed E-state index contributed by atoms with van der Waals surface area (Å²) < 4.78 is 0. The topological polar surface area (TPSA) is 110 Å². The molecule has 0 saturated heterocycles. The van der Waals surface area contributed by atoms with Crippen molar-refractivity contribution in [2.24, 2.45) is 0 Å². The van der Waals surface area contributed by atoms with Crippen LogP contribution in [0.25, 0.3) is 0 Å². The zero-order chi connectivity index (χ0) is 16.1. The number of hydrogen-bond donors (Lipinski definition) is 2. The van der Waals surface area contributed by atoms with Crippen LogP contribution in [-0.4, -0.2) is 21.9 Å². The van der Waals surface area contributed by atoms with Crippen LogP contribution in [0.1, 0.15) is 15.9 Å². The first-order chi connectivity index (χ1) is 10.5. The first-order valence-electron chi connectivity index (χ1n) is 6.33. The van der Waals surface area contributed by atoms with Crippen LogP contribution in [0.5, 0.6) is 0 Å². The number of benzene rings is 2. The average Bonchev–Trinajstić information content (AvgIpc) is 2.48. The molecular formula is C15H12N2O5. The lowest BCUT2D eigenvalue weighted by molar-refractivity contribution is -0.384. The van der Waals surface area contributed by atoms with Crippen LogP contribution >= 0.6 is 0 Å². The van der Waals surface area contributed by atoms with Gasteiger partial charge in [-0.3, -0.25) is 14.9 Å². The number of nitro groups is 1. The van der Waals surface area contributed by atoms with E-state index in [2.05, 4.69) is 5.32 Å². The number of hydrogen-bond acceptors (Lipinski definition) is 4. The Morgan fingerprint density at radius 2 is 1.82 bits per heavy atom. The van der Waals surface area contributed by atoms with E-state index in [1.807, 2.05) is 6.07 Å². The number of nitrogens with one attached hydrogen (secondary N) is 1.